The summed E-state index contributed by atoms with van der Waals surface area (Å²) in [6, 6.07) is 6.38. The number of rotatable bonds is 10. The first-order chi connectivity index (χ1) is 15.6. The summed E-state index contributed by atoms with van der Waals surface area (Å²) in [4.78, 5) is 19.5. The van der Waals surface area contributed by atoms with E-state index in [1.54, 1.807) is 7.11 Å². The summed E-state index contributed by atoms with van der Waals surface area (Å²) >= 11 is 0. The first kappa shape index (κ1) is 27.5. The lowest BCUT2D eigenvalue weighted by atomic mass is 10.1. The monoisotopic (exact) mass is 572 g/mol. The Bertz CT molecular complexity index is 768. The highest BCUT2D eigenvalue weighted by Crippen LogP contribution is 2.29. The number of aliphatic imine (C=N–C) groups is 1. The summed E-state index contributed by atoms with van der Waals surface area (Å²) in [6.45, 7) is 7.87. The first-order valence-electron chi connectivity index (χ1n) is 12.3. The zero-order valence-corrected chi connectivity index (χ0v) is 22.7. The van der Waals surface area contributed by atoms with Gasteiger partial charge in [-0.2, -0.15) is 0 Å². The van der Waals surface area contributed by atoms with Gasteiger partial charge in [0.2, 0.25) is 5.91 Å². The van der Waals surface area contributed by atoms with Crippen molar-refractivity contribution in [3.8, 4) is 11.5 Å². The van der Waals surface area contributed by atoms with E-state index < -0.39 is 0 Å². The normalized spacial score (nSPS) is 18.7. The van der Waals surface area contributed by atoms with E-state index in [-0.39, 0.29) is 35.9 Å². The maximum Gasteiger partial charge on any atom is 0.225 e. The lowest BCUT2D eigenvalue weighted by Crippen LogP contribution is -2.45. The molecule has 1 aliphatic carbocycles. The summed E-state index contributed by atoms with van der Waals surface area (Å²) in [7, 11) is 1.66. The van der Waals surface area contributed by atoms with Crippen molar-refractivity contribution in [3.05, 3.63) is 23.8 Å². The number of halogens is 1. The molecule has 1 aromatic carbocycles. The minimum absolute atomic E-state index is 0. The van der Waals surface area contributed by atoms with Crippen molar-refractivity contribution in [2.45, 2.75) is 64.8 Å². The molecule has 1 unspecified atom stereocenters. The van der Waals surface area contributed by atoms with Crippen molar-refractivity contribution < 1.29 is 14.3 Å². The summed E-state index contributed by atoms with van der Waals surface area (Å²) < 4.78 is 11.0. The fourth-order valence-corrected chi connectivity index (χ4v) is 4.64. The van der Waals surface area contributed by atoms with Crippen molar-refractivity contribution in [1.29, 1.82) is 0 Å². The molecule has 0 radical (unpaired) electrons. The zero-order chi connectivity index (χ0) is 22.8. The number of hydrogen-bond acceptors (Lipinski definition) is 4. The number of ether oxygens (including phenoxy) is 2. The summed E-state index contributed by atoms with van der Waals surface area (Å²) in [5.41, 5.74) is 1.22. The Morgan fingerprint density at radius 2 is 1.97 bits per heavy atom. The molecule has 1 saturated heterocycles. The van der Waals surface area contributed by atoms with Gasteiger partial charge in [-0.25, -0.2) is 0 Å². The van der Waals surface area contributed by atoms with Crippen LogP contribution >= 0.6 is 24.0 Å². The van der Waals surface area contributed by atoms with Crippen LogP contribution in [-0.4, -0.2) is 62.7 Å². The highest BCUT2D eigenvalue weighted by Gasteiger charge is 2.32. The highest BCUT2D eigenvalue weighted by atomic mass is 127. The minimum atomic E-state index is 0. The number of carbonyl (C=O) groups is 1. The number of likely N-dealkylation sites (tertiary alicyclic amines) is 1. The molecule has 8 heteroatoms. The van der Waals surface area contributed by atoms with Crippen molar-refractivity contribution in [1.82, 2.24) is 15.5 Å². The Kier molecular flexibility index (Phi) is 12.1. The third-order valence-corrected chi connectivity index (χ3v) is 6.31. The Hall–Kier alpha value is -1.71. The first-order valence-corrected chi connectivity index (χ1v) is 12.3. The van der Waals surface area contributed by atoms with Crippen LogP contribution in [0.2, 0.25) is 0 Å². The van der Waals surface area contributed by atoms with Gasteiger partial charge in [-0.3, -0.25) is 9.79 Å². The van der Waals surface area contributed by atoms with E-state index in [0.29, 0.717) is 12.5 Å². The van der Waals surface area contributed by atoms with Crippen LogP contribution in [0.3, 0.4) is 0 Å². The molecule has 7 nitrogen and oxygen atoms in total. The fraction of sp³-hybridized carbons (Fsp3) is 0.680. The predicted molar refractivity (Wildman–Crippen MR) is 144 cm³/mol. The number of carbonyl (C=O) groups excluding carboxylic acids is 1. The lowest BCUT2D eigenvalue weighted by Gasteiger charge is -2.21. The van der Waals surface area contributed by atoms with Crippen LogP contribution in [0, 0.1) is 5.92 Å². The second-order valence-electron chi connectivity index (χ2n) is 8.68. The molecule has 1 saturated carbocycles. The number of aryl methyl sites for hydroxylation is 1. The number of methoxy groups -OCH3 is 1. The van der Waals surface area contributed by atoms with Crippen LogP contribution < -0.4 is 20.1 Å². The molecular formula is C25H41IN4O3. The summed E-state index contributed by atoms with van der Waals surface area (Å²) in [5.74, 6) is 3.03. The van der Waals surface area contributed by atoms with Gasteiger partial charge >= 0.3 is 0 Å². The number of nitrogens with zero attached hydrogens (tertiary/aromatic N) is 2. The molecule has 0 spiro atoms. The standard InChI is InChI=1S/C25H40N4O3.HI/c1-4-26-25(28-21-14-16-29(18-21)24(30)20-10-6-7-11-20)27-15-8-9-19-12-13-22(31-3)23(17-19)32-5-2;/h12-13,17,20-21H,4-11,14-16,18H2,1-3H3,(H2,26,27,28);1H. The van der Waals surface area contributed by atoms with Crippen LogP contribution in [-0.2, 0) is 11.2 Å². The average Bonchev–Trinajstić information content (AvgIpc) is 3.49. The van der Waals surface area contributed by atoms with Gasteiger partial charge in [0, 0.05) is 38.1 Å². The van der Waals surface area contributed by atoms with E-state index in [1.807, 2.05) is 13.0 Å². The van der Waals surface area contributed by atoms with Crippen LogP contribution in [0.25, 0.3) is 0 Å². The van der Waals surface area contributed by atoms with Crippen molar-refractivity contribution >= 4 is 35.8 Å². The molecule has 1 aliphatic heterocycles. The third-order valence-electron chi connectivity index (χ3n) is 6.31. The van der Waals surface area contributed by atoms with Gasteiger partial charge in [0.1, 0.15) is 0 Å². The van der Waals surface area contributed by atoms with E-state index in [2.05, 4.69) is 34.6 Å². The Labute approximate surface area is 216 Å². The van der Waals surface area contributed by atoms with Gasteiger partial charge in [0.05, 0.1) is 13.7 Å². The molecule has 1 heterocycles. The smallest absolute Gasteiger partial charge is 0.225 e. The molecule has 3 rings (SSSR count). The molecule has 0 aromatic heterocycles. The number of hydrogen-bond donors (Lipinski definition) is 2. The topological polar surface area (TPSA) is 75.2 Å². The molecule has 1 amide bonds. The Morgan fingerprint density at radius 3 is 2.67 bits per heavy atom. The summed E-state index contributed by atoms with van der Waals surface area (Å²) in [6.07, 6.45) is 7.40. The van der Waals surface area contributed by atoms with Gasteiger partial charge in [0.25, 0.3) is 0 Å². The van der Waals surface area contributed by atoms with Crippen molar-refractivity contribution in [2.75, 3.05) is 39.9 Å². The molecule has 33 heavy (non-hydrogen) atoms. The van der Waals surface area contributed by atoms with Gasteiger partial charge in [-0.1, -0.05) is 18.9 Å². The second kappa shape index (κ2) is 14.5. The van der Waals surface area contributed by atoms with Crippen LogP contribution in [0.1, 0.15) is 57.9 Å². The van der Waals surface area contributed by atoms with Gasteiger partial charge < -0.3 is 25.0 Å². The van der Waals surface area contributed by atoms with Crippen molar-refractivity contribution in [2.24, 2.45) is 10.9 Å². The van der Waals surface area contributed by atoms with Gasteiger partial charge in [-0.15, -0.1) is 24.0 Å². The molecule has 2 aliphatic rings. The second-order valence-corrected chi connectivity index (χ2v) is 8.68. The molecule has 0 bridgehead atoms. The van der Waals surface area contributed by atoms with Gasteiger partial charge in [0.15, 0.2) is 17.5 Å². The largest absolute Gasteiger partial charge is 0.493 e. The quantitative estimate of drug-likeness (QED) is 0.192. The van der Waals surface area contributed by atoms with Crippen LogP contribution in [0.4, 0.5) is 0 Å². The van der Waals surface area contributed by atoms with E-state index in [4.69, 9.17) is 14.5 Å². The molecule has 186 valence electrons. The molecule has 2 N–H and O–H groups in total. The number of amides is 1. The third kappa shape index (κ3) is 8.22. The van der Waals surface area contributed by atoms with Crippen LogP contribution in [0.5, 0.6) is 11.5 Å². The Morgan fingerprint density at radius 1 is 1.18 bits per heavy atom. The zero-order valence-electron chi connectivity index (χ0n) is 20.4. The lowest BCUT2D eigenvalue weighted by molar-refractivity contribution is -0.134. The maximum atomic E-state index is 12.7. The molecular weight excluding hydrogens is 531 g/mol. The SMILES string of the molecule is CCNC(=NCCCc1ccc(OC)c(OCC)c1)NC1CCN(C(=O)C2CCCC2)C1.I. The highest BCUT2D eigenvalue weighted by molar-refractivity contribution is 14.0. The Balaban J connectivity index is 0.00000385. The molecule has 2 fully saturated rings. The van der Waals surface area contributed by atoms with E-state index in [1.165, 1.54) is 18.4 Å². The van der Waals surface area contributed by atoms with Crippen molar-refractivity contribution in [3.63, 3.8) is 0 Å². The summed E-state index contributed by atoms with van der Waals surface area (Å²) in [5, 5.41) is 6.89. The predicted octanol–water partition coefficient (Wildman–Crippen LogP) is 3.99. The fourth-order valence-electron chi connectivity index (χ4n) is 4.64. The molecule has 1 aromatic rings. The van der Waals surface area contributed by atoms with Crippen LogP contribution in [0.15, 0.2) is 23.2 Å². The molecule has 1 atom stereocenters. The van der Waals surface area contributed by atoms with Gasteiger partial charge in [-0.05, 0) is 63.6 Å². The van der Waals surface area contributed by atoms with E-state index >= 15 is 0 Å². The number of benzene rings is 1. The average molecular weight is 573 g/mol. The number of guanidine groups is 1. The number of nitrogens with one attached hydrogen (secondary N) is 2. The van der Waals surface area contributed by atoms with E-state index in [0.717, 1.165) is 75.7 Å². The minimum Gasteiger partial charge on any atom is -0.493 e. The van der Waals surface area contributed by atoms with E-state index in [9.17, 15) is 4.79 Å². The maximum absolute atomic E-state index is 12.7.